The Morgan fingerprint density at radius 3 is 2.57 bits per heavy atom. The fourth-order valence-corrected chi connectivity index (χ4v) is 3.49. The molecule has 21 heavy (non-hydrogen) atoms. The molecule has 0 amide bonds. The van der Waals surface area contributed by atoms with E-state index in [1.54, 1.807) is 0 Å². The first kappa shape index (κ1) is 12.8. The molecule has 0 aromatic heterocycles. The highest BCUT2D eigenvalue weighted by Crippen LogP contribution is 2.37. The Labute approximate surface area is 125 Å². The maximum absolute atomic E-state index is 4.94. The first-order valence-electron chi connectivity index (χ1n) is 7.88. The van der Waals surface area contributed by atoms with Gasteiger partial charge in [-0.2, -0.15) is 0 Å². The quantitative estimate of drug-likeness (QED) is 0.832. The molecule has 1 saturated heterocycles. The van der Waals surface area contributed by atoms with Crippen molar-refractivity contribution in [1.82, 2.24) is 4.90 Å². The van der Waals surface area contributed by atoms with Crippen LogP contribution >= 0.6 is 0 Å². The third kappa shape index (κ3) is 2.22. The number of nitrogens with zero attached hydrogens (tertiary/aromatic N) is 3. The van der Waals surface area contributed by atoms with Gasteiger partial charge >= 0.3 is 0 Å². The Bertz CT molecular complexity index is 693. The summed E-state index contributed by atoms with van der Waals surface area (Å²) < 4.78 is 0. The summed E-state index contributed by atoms with van der Waals surface area (Å²) in [5.74, 6) is 1.17. The Kier molecular flexibility index (Phi) is 3.15. The van der Waals surface area contributed by atoms with Crippen molar-refractivity contribution in [2.24, 2.45) is 4.99 Å². The highest BCUT2D eigenvalue weighted by atomic mass is 15.2. The summed E-state index contributed by atoms with van der Waals surface area (Å²) in [7, 11) is 2.15. The molecule has 2 aromatic rings. The lowest BCUT2D eigenvalue weighted by Gasteiger charge is -2.33. The van der Waals surface area contributed by atoms with Crippen LogP contribution in [0.15, 0.2) is 41.4 Å². The Morgan fingerprint density at radius 1 is 1.00 bits per heavy atom. The van der Waals surface area contributed by atoms with E-state index in [1.807, 2.05) is 0 Å². The molecule has 4 rings (SSSR count). The standard InChI is InChI=1S/C18H21N3/c1-20-16-10-6-8-14-7-5-9-15(18(14)16)19-17(20)13-21-11-3-2-4-12-21/h5-10H,2-4,11-13H2,1H3. The topological polar surface area (TPSA) is 18.8 Å². The van der Waals surface area contributed by atoms with E-state index >= 15 is 0 Å². The Hall–Kier alpha value is -1.87. The van der Waals surface area contributed by atoms with E-state index in [1.165, 1.54) is 54.6 Å². The molecule has 3 nitrogen and oxygen atoms in total. The van der Waals surface area contributed by atoms with Crippen LogP contribution in [0.2, 0.25) is 0 Å². The number of hydrogen-bond donors (Lipinski definition) is 0. The van der Waals surface area contributed by atoms with E-state index in [0.717, 1.165) is 12.2 Å². The van der Waals surface area contributed by atoms with Crippen LogP contribution in [0.25, 0.3) is 10.8 Å². The molecule has 0 aliphatic carbocycles. The smallest absolute Gasteiger partial charge is 0.123 e. The minimum atomic E-state index is 0.960. The summed E-state index contributed by atoms with van der Waals surface area (Å²) in [6.45, 7) is 3.37. The van der Waals surface area contributed by atoms with Gasteiger partial charge in [0.1, 0.15) is 5.84 Å². The fraction of sp³-hybridized carbons (Fsp3) is 0.389. The number of likely N-dealkylation sites (N-methyl/N-ethyl adjacent to an activating group) is 1. The normalized spacial score (nSPS) is 18.9. The van der Waals surface area contributed by atoms with Crippen molar-refractivity contribution in [2.75, 3.05) is 31.6 Å². The van der Waals surface area contributed by atoms with Gasteiger partial charge in [0.2, 0.25) is 0 Å². The molecule has 2 heterocycles. The summed E-state index contributed by atoms with van der Waals surface area (Å²) in [6.07, 6.45) is 4.02. The van der Waals surface area contributed by atoms with Crippen LogP contribution < -0.4 is 4.90 Å². The van der Waals surface area contributed by atoms with E-state index in [0.29, 0.717) is 0 Å². The zero-order valence-corrected chi connectivity index (χ0v) is 12.5. The van der Waals surface area contributed by atoms with Crippen molar-refractivity contribution in [2.45, 2.75) is 19.3 Å². The number of likely N-dealkylation sites (tertiary alicyclic amines) is 1. The molecule has 2 aliphatic heterocycles. The highest BCUT2D eigenvalue weighted by molar-refractivity contribution is 6.15. The van der Waals surface area contributed by atoms with E-state index in [9.17, 15) is 0 Å². The van der Waals surface area contributed by atoms with Crippen LogP contribution in [0.5, 0.6) is 0 Å². The van der Waals surface area contributed by atoms with Gasteiger partial charge in [-0.15, -0.1) is 0 Å². The zero-order chi connectivity index (χ0) is 14.2. The molecule has 0 spiro atoms. The van der Waals surface area contributed by atoms with Crippen LogP contribution in [0.3, 0.4) is 0 Å². The van der Waals surface area contributed by atoms with Crippen molar-refractivity contribution < 1.29 is 0 Å². The van der Waals surface area contributed by atoms with E-state index in [4.69, 9.17) is 4.99 Å². The van der Waals surface area contributed by atoms with Gasteiger partial charge in [0.05, 0.1) is 17.9 Å². The minimum Gasteiger partial charge on any atom is -0.331 e. The monoisotopic (exact) mass is 279 g/mol. The molecule has 0 atom stereocenters. The zero-order valence-electron chi connectivity index (χ0n) is 12.5. The number of benzene rings is 2. The van der Waals surface area contributed by atoms with Crippen LogP contribution in [-0.2, 0) is 0 Å². The largest absolute Gasteiger partial charge is 0.331 e. The highest BCUT2D eigenvalue weighted by Gasteiger charge is 2.22. The second-order valence-electron chi connectivity index (χ2n) is 6.08. The lowest BCUT2D eigenvalue weighted by Crippen LogP contribution is -2.41. The van der Waals surface area contributed by atoms with Crippen molar-refractivity contribution in [1.29, 1.82) is 0 Å². The van der Waals surface area contributed by atoms with Gasteiger partial charge in [-0.1, -0.05) is 30.7 Å². The van der Waals surface area contributed by atoms with Crippen molar-refractivity contribution in [3.8, 4) is 0 Å². The average molecular weight is 279 g/mol. The summed E-state index contributed by atoms with van der Waals surface area (Å²) >= 11 is 0. The number of anilines is 1. The molecule has 0 N–H and O–H groups in total. The van der Waals surface area contributed by atoms with Gasteiger partial charge in [0, 0.05) is 12.4 Å². The SMILES string of the molecule is CN1C(CN2CCCCC2)=Nc2cccc3cccc1c23. The van der Waals surface area contributed by atoms with Gasteiger partial charge in [-0.05, 0) is 43.5 Å². The number of hydrogen-bond acceptors (Lipinski definition) is 3. The number of amidine groups is 1. The Morgan fingerprint density at radius 2 is 1.76 bits per heavy atom. The molecule has 1 fully saturated rings. The summed E-state index contributed by atoms with van der Waals surface area (Å²) in [6, 6.07) is 12.9. The second-order valence-corrected chi connectivity index (χ2v) is 6.08. The number of aliphatic imine (C=N–C) groups is 1. The van der Waals surface area contributed by atoms with E-state index < -0.39 is 0 Å². The van der Waals surface area contributed by atoms with Crippen LogP contribution in [0, 0.1) is 0 Å². The maximum atomic E-state index is 4.94. The fourth-order valence-electron chi connectivity index (χ4n) is 3.49. The first-order chi connectivity index (χ1) is 10.3. The Balaban J connectivity index is 1.73. The van der Waals surface area contributed by atoms with E-state index in [2.05, 4.69) is 53.2 Å². The second kappa shape index (κ2) is 5.15. The molecule has 3 heteroatoms. The summed E-state index contributed by atoms with van der Waals surface area (Å²) in [5, 5.41) is 2.56. The third-order valence-corrected chi connectivity index (χ3v) is 4.67. The third-order valence-electron chi connectivity index (χ3n) is 4.67. The maximum Gasteiger partial charge on any atom is 0.123 e. The van der Waals surface area contributed by atoms with Crippen molar-refractivity contribution in [3.05, 3.63) is 36.4 Å². The minimum absolute atomic E-state index is 0.960. The van der Waals surface area contributed by atoms with Crippen LogP contribution in [0.4, 0.5) is 11.4 Å². The van der Waals surface area contributed by atoms with Crippen molar-refractivity contribution in [3.63, 3.8) is 0 Å². The van der Waals surface area contributed by atoms with Gasteiger partial charge < -0.3 is 4.90 Å². The van der Waals surface area contributed by atoms with Gasteiger partial charge in [0.25, 0.3) is 0 Å². The molecular formula is C18H21N3. The molecule has 108 valence electrons. The van der Waals surface area contributed by atoms with Crippen molar-refractivity contribution >= 4 is 28.0 Å². The average Bonchev–Trinajstić information content (AvgIpc) is 2.53. The molecular weight excluding hydrogens is 258 g/mol. The lowest BCUT2D eigenvalue weighted by atomic mass is 10.0. The van der Waals surface area contributed by atoms with Crippen LogP contribution in [0.1, 0.15) is 19.3 Å². The number of rotatable bonds is 2. The number of piperidine rings is 1. The van der Waals surface area contributed by atoms with Crippen LogP contribution in [-0.4, -0.2) is 37.4 Å². The molecule has 0 saturated carbocycles. The molecule has 2 aliphatic rings. The molecule has 0 bridgehead atoms. The molecule has 0 radical (unpaired) electrons. The van der Waals surface area contributed by atoms with Gasteiger partial charge in [-0.25, -0.2) is 4.99 Å². The predicted octanol–water partition coefficient (Wildman–Crippen LogP) is 3.81. The summed E-state index contributed by atoms with van der Waals surface area (Å²) in [5.41, 5.74) is 2.40. The van der Waals surface area contributed by atoms with Gasteiger partial charge in [-0.3, -0.25) is 4.90 Å². The lowest BCUT2D eigenvalue weighted by molar-refractivity contribution is 0.257. The molecule has 0 unspecified atom stereocenters. The predicted molar refractivity (Wildman–Crippen MR) is 89.7 cm³/mol. The molecule has 2 aromatic carbocycles. The summed E-state index contributed by atoms with van der Waals surface area (Å²) in [4.78, 5) is 9.74. The van der Waals surface area contributed by atoms with Gasteiger partial charge in [0.15, 0.2) is 0 Å². The van der Waals surface area contributed by atoms with E-state index in [-0.39, 0.29) is 0 Å². The first-order valence-corrected chi connectivity index (χ1v) is 7.88.